The lowest BCUT2D eigenvalue weighted by Gasteiger charge is -2.13. The van der Waals surface area contributed by atoms with Crippen molar-refractivity contribution < 1.29 is 0 Å². The number of nitrogens with one attached hydrogen (secondary N) is 1. The normalized spacial score (nSPS) is 10.7. The molecule has 0 saturated heterocycles. The Morgan fingerprint density at radius 2 is 2.11 bits per heavy atom. The molecule has 0 aliphatic rings. The van der Waals surface area contributed by atoms with Crippen molar-refractivity contribution in [2.45, 2.75) is 33.1 Å². The average molecular weight is 324 g/mol. The van der Waals surface area contributed by atoms with Gasteiger partial charge in [0, 0.05) is 18.3 Å². The summed E-state index contributed by atoms with van der Waals surface area (Å²) in [6, 6.07) is 0. The molecule has 0 aliphatic carbocycles. The Hall–Kier alpha value is -1.43. The van der Waals surface area contributed by atoms with Crippen molar-refractivity contribution in [3.05, 3.63) is 28.8 Å². The third-order valence-electron chi connectivity index (χ3n) is 2.73. The molecule has 0 saturated carbocycles. The number of hydrogen-bond acceptors (Lipinski definition) is 4. The third-order valence-corrected chi connectivity index (χ3v) is 3.14. The highest BCUT2D eigenvalue weighted by atomic mass is 79.9. The van der Waals surface area contributed by atoms with Gasteiger partial charge in [-0.05, 0) is 28.8 Å². The first-order chi connectivity index (χ1) is 9.26. The van der Waals surface area contributed by atoms with Gasteiger partial charge < -0.3 is 5.32 Å². The van der Waals surface area contributed by atoms with E-state index in [4.69, 9.17) is 0 Å². The van der Waals surface area contributed by atoms with Crippen molar-refractivity contribution in [1.82, 2.24) is 19.7 Å². The summed E-state index contributed by atoms with van der Waals surface area (Å²) in [6.45, 7) is 5.20. The Morgan fingerprint density at radius 3 is 2.74 bits per heavy atom. The van der Waals surface area contributed by atoms with Gasteiger partial charge >= 0.3 is 0 Å². The minimum Gasteiger partial charge on any atom is -0.370 e. The lowest BCUT2D eigenvalue weighted by atomic mass is 10.1. The Morgan fingerprint density at radius 1 is 1.26 bits per heavy atom. The highest BCUT2D eigenvalue weighted by Crippen LogP contribution is 2.21. The van der Waals surface area contributed by atoms with Crippen LogP contribution >= 0.6 is 15.9 Å². The van der Waals surface area contributed by atoms with Crippen LogP contribution in [0.1, 0.15) is 32.3 Å². The molecule has 2 aromatic rings. The van der Waals surface area contributed by atoms with Crippen LogP contribution in [0.5, 0.6) is 0 Å². The summed E-state index contributed by atoms with van der Waals surface area (Å²) in [6.07, 6.45) is 8.30. The van der Waals surface area contributed by atoms with Gasteiger partial charge in [0.2, 0.25) is 0 Å². The van der Waals surface area contributed by atoms with Crippen LogP contribution in [0.2, 0.25) is 0 Å². The number of aromatic nitrogens is 4. The Labute approximate surface area is 121 Å². The molecule has 0 aliphatic heterocycles. The Bertz CT molecular complexity index is 538. The van der Waals surface area contributed by atoms with Gasteiger partial charge in [-0.15, -0.1) is 0 Å². The van der Waals surface area contributed by atoms with Gasteiger partial charge in [-0.2, -0.15) is 5.10 Å². The SMILES string of the molecule is CCCNc1ncnc(-n2cc(Br)cn2)c1CCC. The predicted octanol–water partition coefficient (Wildman–Crippen LogP) is 3.20. The van der Waals surface area contributed by atoms with E-state index in [1.54, 1.807) is 17.2 Å². The number of hydrogen-bond donors (Lipinski definition) is 1. The smallest absolute Gasteiger partial charge is 0.162 e. The second kappa shape index (κ2) is 6.65. The van der Waals surface area contributed by atoms with Gasteiger partial charge in [-0.25, -0.2) is 14.6 Å². The van der Waals surface area contributed by atoms with Gasteiger partial charge in [-0.3, -0.25) is 0 Å². The van der Waals surface area contributed by atoms with Crippen molar-refractivity contribution >= 4 is 21.7 Å². The summed E-state index contributed by atoms with van der Waals surface area (Å²) in [4.78, 5) is 8.73. The largest absolute Gasteiger partial charge is 0.370 e. The molecule has 2 heterocycles. The molecule has 102 valence electrons. The predicted molar refractivity (Wildman–Crippen MR) is 79.6 cm³/mol. The molecule has 0 unspecified atom stereocenters. The summed E-state index contributed by atoms with van der Waals surface area (Å²) < 4.78 is 2.73. The van der Waals surface area contributed by atoms with Crippen molar-refractivity contribution in [1.29, 1.82) is 0 Å². The summed E-state index contributed by atoms with van der Waals surface area (Å²) in [5.74, 6) is 1.77. The van der Waals surface area contributed by atoms with Gasteiger partial charge in [0.1, 0.15) is 12.1 Å². The molecule has 0 fully saturated rings. The maximum atomic E-state index is 4.38. The molecule has 0 radical (unpaired) electrons. The highest BCUT2D eigenvalue weighted by molar-refractivity contribution is 9.10. The van der Waals surface area contributed by atoms with Crippen LogP contribution in [0, 0.1) is 0 Å². The molecule has 6 heteroatoms. The quantitative estimate of drug-likeness (QED) is 0.886. The Balaban J connectivity index is 2.41. The second-order valence-electron chi connectivity index (χ2n) is 4.30. The molecule has 0 amide bonds. The summed E-state index contributed by atoms with van der Waals surface area (Å²) >= 11 is 3.41. The molecular weight excluding hydrogens is 306 g/mol. The van der Waals surface area contributed by atoms with Crippen LogP contribution in [-0.4, -0.2) is 26.3 Å². The van der Waals surface area contributed by atoms with Crippen LogP contribution in [0.15, 0.2) is 23.2 Å². The molecule has 1 N–H and O–H groups in total. The molecule has 19 heavy (non-hydrogen) atoms. The van der Waals surface area contributed by atoms with E-state index < -0.39 is 0 Å². The zero-order chi connectivity index (χ0) is 13.7. The van der Waals surface area contributed by atoms with E-state index >= 15 is 0 Å². The van der Waals surface area contributed by atoms with Gasteiger partial charge in [0.15, 0.2) is 5.82 Å². The standard InChI is InChI=1S/C13H18BrN5/c1-3-5-11-12(15-6-4-2)16-9-17-13(11)19-8-10(14)7-18-19/h7-9H,3-6H2,1-2H3,(H,15,16,17). The summed E-state index contributed by atoms with van der Waals surface area (Å²) in [5, 5.41) is 7.66. The van der Waals surface area contributed by atoms with Crippen molar-refractivity contribution in [3.63, 3.8) is 0 Å². The highest BCUT2D eigenvalue weighted by Gasteiger charge is 2.12. The van der Waals surface area contributed by atoms with Gasteiger partial charge in [0.25, 0.3) is 0 Å². The van der Waals surface area contributed by atoms with Crippen LogP contribution in [0.25, 0.3) is 5.82 Å². The average Bonchev–Trinajstić information content (AvgIpc) is 2.84. The molecule has 2 rings (SSSR count). The zero-order valence-electron chi connectivity index (χ0n) is 11.2. The molecule has 2 aromatic heterocycles. The van der Waals surface area contributed by atoms with E-state index in [0.29, 0.717) is 0 Å². The van der Waals surface area contributed by atoms with E-state index in [-0.39, 0.29) is 0 Å². The molecule has 0 spiro atoms. The molecule has 5 nitrogen and oxygen atoms in total. The molecule has 0 atom stereocenters. The fourth-order valence-electron chi connectivity index (χ4n) is 1.89. The number of rotatable bonds is 6. The van der Waals surface area contributed by atoms with E-state index in [2.05, 4.69) is 50.2 Å². The van der Waals surface area contributed by atoms with Crippen molar-refractivity contribution in [2.24, 2.45) is 0 Å². The fraction of sp³-hybridized carbons (Fsp3) is 0.462. The number of anilines is 1. The lowest BCUT2D eigenvalue weighted by molar-refractivity contribution is 0.797. The minimum absolute atomic E-state index is 0.848. The lowest BCUT2D eigenvalue weighted by Crippen LogP contribution is -2.11. The summed E-state index contributed by atoms with van der Waals surface area (Å²) in [5.41, 5.74) is 1.12. The number of halogens is 1. The first kappa shape index (κ1) is 14.0. The maximum absolute atomic E-state index is 4.38. The Kier molecular flexibility index (Phi) is 4.90. The molecular formula is C13H18BrN5. The minimum atomic E-state index is 0.848. The monoisotopic (exact) mass is 323 g/mol. The zero-order valence-corrected chi connectivity index (χ0v) is 12.8. The van der Waals surface area contributed by atoms with Gasteiger partial charge in [-0.1, -0.05) is 20.3 Å². The van der Waals surface area contributed by atoms with Crippen LogP contribution in [0.3, 0.4) is 0 Å². The van der Waals surface area contributed by atoms with E-state index in [1.165, 1.54) is 0 Å². The first-order valence-electron chi connectivity index (χ1n) is 6.54. The van der Waals surface area contributed by atoms with E-state index in [1.807, 2.05) is 6.20 Å². The van der Waals surface area contributed by atoms with E-state index in [9.17, 15) is 0 Å². The fourth-order valence-corrected chi connectivity index (χ4v) is 2.18. The van der Waals surface area contributed by atoms with Crippen molar-refractivity contribution in [2.75, 3.05) is 11.9 Å². The van der Waals surface area contributed by atoms with Crippen molar-refractivity contribution in [3.8, 4) is 5.82 Å². The van der Waals surface area contributed by atoms with E-state index in [0.717, 1.165) is 47.5 Å². The topological polar surface area (TPSA) is 55.6 Å². The maximum Gasteiger partial charge on any atom is 0.162 e. The van der Waals surface area contributed by atoms with Crippen LogP contribution in [-0.2, 0) is 6.42 Å². The molecule has 0 bridgehead atoms. The first-order valence-corrected chi connectivity index (χ1v) is 7.33. The van der Waals surface area contributed by atoms with Crippen LogP contribution < -0.4 is 5.32 Å². The molecule has 0 aromatic carbocycles. The summed E-state index contributed by atoms with van der Waals surface area (Å²) in [7, 11) is 0. The second-order valence-corrected chi connectivity index (χ2v) is 5.22. The van der Waals surface area contributed by atoms with Crippen LogP contribution in [0.4, 0.5) is 5.82 Å². The van der Waals surface area contributed by atoms with Gasteiger partial charge in [0.05, 0.1) is 10.7 Å². The number of nitrogens with zero attached hydrogens (tertiary/aromatic N) is 4. The third kappa shape index (κ3) is 3.32.